The summed E-state index contributed by atoms with van der Waals surface area (Å²) >= 11 is 5.56. The van der Waals surface area contributed by atoms with Gasteiger partial charge in [0.05, 0.1) is 16.4 Å². The van der Waals surface area contributed by atoms with Crippen molar-refractivity contribution >= 4 is 33.0 Å². The monoisotopic (exact) mass is 300 g/mol. The van der Waals surface area contributed by atoms with Gasteiger partial charge in [-0.25, -0.2) is 12.8 Å². The lowest BCUT2D eigenvalue weighted by molar-refractivity contribution is 0.570. The zero-order valence-electron chi connectivity index (χ0n) is 9.60. The van der Waals surface area contributed by atoms with Crippen LogP contribution in [0.2, 0.25) is 5.02 Å². The molecule has 0 spiro atoms. The number of halogens is 2. The van der Waals surface area contributed by atoms with Crippen molar-refractivity contribution in [2.45, 2.75) is 4.90 Å². The maximum atomic E-state index is 13.7. The quantitative estimate of drug-likeness (QED) is 0.856. The molecule has 0 aliphatic carbocycles. The lowest BCUT2D eigenvalue weighted by Gasteiger charge is -2.11. The van der Waals surface area contributed by atoms with E-state index >= 15 is 0 Å². The van der Waals surface area contributed by atoms with Crippen LogP contribution in [0, 0.1) is 5.82 Å². The Bertz CT molecular complexity index is 719. The van der Waals surface area contributed by atoms with E-state index in [-0.39, 0.29) is 16.4 Å². The Morgan fingerprint density at radius 1 is 1.11 bits per heavy atom. The summed E-state index contributed by atoms with van der Waals surface area (Å²) in [7, 11) is -4.08. The molecule has 0 saturated carbocycles. The van der Waals surface area contributed by atoms with Crippen LogP contribution >= 0.6 is 11.6 Å². The molecule has 0 radical (unpaired) electrons. The highest BCUT2D eigenvalue weighted by Crippen LogP contribution is 2.25. The molecule has 0 heterocycles. The molecular formula is C12H10ClFN2O2S. The number of nitrogens with one attached hydrogen (secondary N) is 1. The molecule has 3 N–H and O–H groups in total. The highest BCUT2D eigenvalue weighted by Gasteiger charge is 2.21. The first-order chi connectivity index (χ1) is 8.92. The normalized spacial score (nSPS) is 11.3. The average Bonchev–Trinajstić information content (AvgIpc) is 2.35. The Morgan fingerprint density at radius 3 is 2.47 bits per heavy atom. The maximum Gasteiger partial charge on any atom is 0.264 e. The topological polar surface area (TPSA) is 72.2 Å². The van der Waals surface area contributed by atoms with Gasteiger partial charge in [-0.15, -0.1) is 0 Å². The summed E-state index contributed by atoms with van der Waals surface area (Å²) in [4.78, 5) is -0.525. The molecule has 100 valence electrons. The molecule has 0 atom stereocenters. The summed E-state index contributed by atoms with van der Waals surface area (Å²) in [6, 6.07) is 10.0. The van der Waals surface area contributed by atoms with E-state index in [4.69, 9.17) is 17.3 Å². The lowest BCUT2D eigenvalue weighted by Crippen LogP contribution is -2.15. The zero-order chi connectivity index (χ0) is 14.0. The molecule has 0 aromatic heterocycles. The van der Waals surface area contributed by atoms with Crippen molar-refractivity contribution in [3.05, 3.63) is 53.3 Å². The van der Waals surface area contributed by atoms with E-state index in [2.05, 4.69) is 4.72 Å². The second-order valence-electron chi connectivity index (χ2n) is 3.74. The molecule has 0 saturated heterocycles. The molecule has 0 aliphatic heterocycles. The Kier molecular flexibility index (Phi) is 3.64. The van der Waals surface area contributed by atoms with Crippen molar-refractivity contribution in [2.24, 2.45) is 0 Å². The van der Waals surface area contributed by atoms with Gasteiger partial charge in [-0.05, 0) is 24.3 Å². The van der Waals surface area contributed by atoms with Crippen LogP contribution in [-0.4, -0.2) is 8.42 Å². The summed E-state index contributed by atoms with van der Waals surface area (Å²) in [5.41, 5.74) is 6.05. The molecule has 0 fully saturated rings. The second-order valence-corrected chi connectivity index (χ2v) is 5.80. The summed E-state index contributed by atoms with van der Waals surface area (Å²) < 4.78 is 40.1. The van der Waals surface area contributed by atoms with Crippen molar-refractivity contribution in [1.82, 2.24) is 0 Å². The molecular weight excluding hydrogens is 291 g/mol. The number of anilines is 2. The van der Waals surface area contributed by atoms with Gasteiger partial charge in [0.15, 0.2) is 5.82 Å². The fourth-order valence-electron chi connectivity index (χ4n) is 1.48. The highest BCUT2D eigenvalue weighted by molar-refractivity contribution is 7.92. The molecule has 4 nitrogen and oxygen atoms in total. The van der Waals surface area contributed by atoms with E-state index in [1.807, 2.05) is 0 Å². The molecule has 0 aliphatic rings. The van der Waals surface area contributed by atoms with Crippen molar-refractivity contribution in [3.63, 3.8) is 0 Å². The van der Waals surface area contributed by atoms with E-state index < -0.39 is 20.7 Å². The van der Waals surface area contributed by atoms with Crippen molar-refractivity contribution in [3.8, 4) is 0 Å². The minimum Gasteiger partial charge on any atom is -0.397 e. The minimum atomic E-state index is -4.08. The zero-order valence-corrected chi connectivity index (χ0v) is 11.2. The molecule has 7 heteroatoms. The molecule has 19 heavy (non-hydrogen) atoms. The van der Waals surface area contributed by atoms with Crippen LogP contribution in [-0.2, 0) is 10.0 Å². The van der Waals surface area contributed by atoms with E-state index in [1.165, 1.54) is 24.3 Å². The fourth-order valence-corrected chi connectivity index (χ4v) is 2.90. The van der Waals surface area contributed by atoms with Crippen molar-refractivity contribution in [1.29, 1.82) is 0 Å². The third-order valence-corrected chi connectivity index (χ3v) is 4.09. The summed E-state index contributed by atoms with van der Waals surface area (Å²) in [5.74, 6) is -0.994. The molecule has 2 aromatic rings. The number of hydrogen-bond donors (Lipinski definition) is 2. The average molecular weight is 301 g/mol. The second kappa shape index (κ2) is 5.07. The van der Waals surface area contributed by atoms with E-state index in [9.17, 15) is 12.8 Å². The number of rotatable bonds is 3. The summed E-state index contributed by atoms with van der Waals surface area (Å²) in [5, 5.41) is -0.260. The Labute approximate surface area is 115 Å². The molecule has 2 aromatic carbocycles. The van der Waals surface area contributed by atoms with Gasteiger partial charge in [-0.2, -0.15) is 0 Å². The van der Waals surface area contributed by atoms with Gasteiger partial charge in [-0.3, -0.25) is 4.72 Å². The summed E-state index contributed by atoms with van der Waals surface area (Å²) in [6.07, 6.45) is 0. The number of benzene rings is 2. The summed E-state index contributed by atoms with van der Waals surface area (Å²) in [6.45, 7) is 0. The largest absolute Gasteiger partial charge is 0.397 e. The maximum absolute atomic E-state index is 13.7. The number of hydrogen-bond acceptors (Lipinski definition) is 3. The Hall–Kier alpha value is -1.79. The third kappa shape index (κ3) is 2.80. The van der Waals surface area contributed by atoms with Crippen LogP contribution in [0.4, 0.5) is 15.8 Å². The Balaban J connectivity index is 2.44. The molecule has 0 unspecified atom stereocenters. The van der Waals surface area contributed by atoms with Crippen molar-refractivity contribution in [2.75, 3.05) is 10.5 Å². The van der Waals surface area contributed by atoms with Crippen LogP contribution in [0.5, 0.6) is 0 Å². The third-order valence-electron chi connectivity index (χ3n) is 2.41. The van der Waals surface area contributed by atoms with Gasteiger partial charge in [-0.1, -0.05) is 29.8 Å². The molecule has 0 bridgehead atoms. The first-order valence-electron chi connectivity index (χ1n) is 5.23. The van der Waals surface area contributed by atoms with Gasteiger partial charge >= 0.3 is 0 Å². The van der Waals surface area contributed by atoms with E-state index in [1.54, 1.807) is 12.1 Å². The molecule has 0 amide bonds. The number of para-hydroxylation sites is 2. The van der Waals surface area contributed by atoms with Crippen LogP contribution in [0.1, 0.15) is 0 Å². The Morgan fingerprint density at radius 2 is 1.79 bits per heavy atom. The lowest BCUT2D eigenvalue weighted by atomic mass is 10.3. The van der Waals surface area contributed by atoms with E-state index in [0.717, 1.165) is 6.07 Å². The van der Waals surface area contributed by atoms with Crippen molar-refractivity contribution < 1.29 is 12.8 Å². The number of sulfonamides is 1. The standard InChI is InChI=1S/C12H10ClFN2O2S/c13-8-4-3-7-11(12(8)14)19(17,18)16-10-6-2-1-5-9(10)15/h1-7,16H,15H2. The highest BCUT2D eigenvalue weighted by atomic mass is 35.5. The van der Waals surface area contributed by atoms with Gasteiger partial charge in [0.25, 0.3) is 10.0 Å². The van der Waals surface area contributed by atoms with Gasteiger partial charge in [0, 0.05) is 0 Å². The van der Waals surface area contributed by atoms with Gasteiger partial charge in [0.1, 0.15) is 4.90 Å². The smallest absolute Gasteiger partial charge is 0.264 e. The van der Waals surface area contributed by atoms with Crippen LogP contribution < -0.4 is 10.5 Å². The van der Waals surface area contributed by atoms with Crippen LogP contribution in [0.25, 0.3) is 0 Å². The van der Waals surface area contributed by atoms with Crippen LogP contribution in [0.15, 0.2) is 47.4 Å². The van der Waals surface area contributed by atoms with Gasteiger partial charge in [0.2, 0.25) is 0 Å². The SMILES string of the molecule is Nc1ccccc1NS(=O)(=O)c1cccc(Cl)c1F. The number of nitrogen functional groups attached to an aromatic ring is 1. The molecule has 2 rings (SSSR count). The first kappa shape index (κ1) is 13.6. The predicted octanol–water partition coefficient (Wildman–Crippen LogP) is 2.86. The van der Waals surface area contributed by atoms with E-state index in [0.29, 0.717) is 0 Å². The first-order valence-corrected chi connectivity index (χ1v) is 7.09. The minimum absolute atomic E-state index is 0.182. The number of nitrogens with two attached hydrogens (primary N) is 1. The van der Waals surface area contributed by atoms with Gasteiger partial charge < -0.3 is 5.73 Å². The van der Waals surface area contributed by atoms with Crippen LogP contribution in [0.3, 0.4) is 0 Å². The predicted molar refractivity (Wildman–Crippen MR) is 73.1 cm³/mol. The fraction of sp³-hybridized carbons (Fsp3) is 0.